The van der Waals surface area contributed by atoms with Crippen LogP contribution in [0.25, 0.3) is 0 Å². The molecule has 2 atom stereocenters. The summed E-state index contributed by atoms with van der Waals surface area (Å²) >= 11 is 0. The molecule has 5 heteroatoms. The van der Waals surface area contributed by atoms with Gasteiger partial charge in [0, 0.05) is 18.5 Å². The molecule has 0 spiro atoms. The Morgan fingerprint density at radius 2 is 1.85 bits per heavy atom. The van der Waals surface area contributed by atoms with Crippen molar-refractivity contribution >= 4 is 5.91 Å². The van der Waals surface area contributed by atoms with Crippen molar-refractivity contribution < 1.29 is 14.3 Å². The maximum Gasteiger partial charge on any atom is 0.218 e. The quantitative estimate of drug-likeness (QED) is 0.756. The summed E-state index contributed by atoms with van der Waals surface area (Å²) in [6.07, 6.45) is 1.18. The van der Waals surface area contributed by atoms with Gasteiger partial charge in [-0.25, -0.2) is 0 Å². The Morgan fingerprint density at radius 3 is 2.40 bits per heavy atom. The maximum absolute atomic E-state index is 10.9. The molecule has 0 aromatic heterocycles. The standard InChI is InChI=1S/C15H24N2O3/c1-10(17-11(2)8-15(16)18)7-12-5-6-13(19-3)14(9-12)20-4/h5-6,9-11,17H,7-8H2,1-4H3,(H2,16,18). The predicted molar refractivity (Wildman–Crippen MR) is 79.1 cm³/mol. The fourth-order valence-electron chi connectivity index (χ4n) is 2.27. The number of hydrogen-bond donors (Lipinski definition) is 2. The number of ether oxygens (including phenoxy) is 2. The van der Waals surface area contributed by atoms with Crippen LogP contribution in [0, 0.1) is 0 Å². The molecule has 5 nitrogen and oxygen atoms in total. The van der Waals surface area contributed by atoms with Gasteiger partial charge in [-0.15, -0.1) is 0 Å². The van der Waals surface area contributed by atoms with Gasteiger partial charge in [-0.2, -0.15) is 0 Å². The van der Waals surface area contributed by atoms with Crippen LogP contribution in [-0.2, 0) is 11.2 Å². The Labute approximate surface area is 120 Å². The Hall–Kier alpha value is -1.75. The number of rotatable bonds is 8. The zero-order valence-electron chi connectivity index (χ0n) is 12.6. The molecule has 1 aromatic rings. The monoisotopic (exact) mass is 280 g/mol. The fourth-order valence-corrected chi connectivity index (χ4v) is 2.27. The zero-order chi connectivity index (χ0) is 15.1. The first kappa shape index (κ1) is 16.3. The van der Waals surface area contributed by atoms with Crippen molar-refractivity contribution in [2.75, 3.05) is 14.2 Å². The number of benzene rings is 1. The summed E-state index contributed by atoms with van der Waals surface area (Å²) in [5, 5.41) is 3.35. The normalized spacial score (nSPS) is 13.6. The van der Waals surface area contributed by atoms with Gasteiger partial charge in [-0.3, -0.25) is 4.79 Å². The summed E-state index contributed by atoms with van der Waals surface area (Å²) in [4.78, 5) is 10.9. The van der Waals surface area contributed by atoms with Gasteiger partial charge in [-0.05, 0) is 38.0 Å². The molecule has 3 N–H and O–H groups in total. The molecule has 0 bridgehead atoms. The number of primary amides is 1. The second-order valence-electron chi connectivity index (χ2n) is 5.03. The molecule has 0 fully saturated rings. The van der Waals surface area contributed by atoms with Crippen LogP contribution in [0.4, 0.5) is 0 Å². The van der Waals surface area contributed by atoms with E-state index in [9.17, 15) is 4.79 Å². The predicted octanol–water partition coefficient (Wildman–Crippen LogP) is 1.49. The third kappa shape index (κ3) is 5.09. The van der Waals surface area contributed by atoms with Crippen LogP contribution in [-0.4, -0.2) is 32.2 Å². The Morgan fingerprint density at radius 1 is 1.20 bits per heavy atom. The van der Waals surface area contributed by atoms with Crippen LogP contribution in [0.3, 0.4) is 0 Å². The molecule has 0 saturated carbocycles. The highest BCUT2D eigenvalue weighted by Crippen LogP contribution is 2.27. The van der Waals surface area contributed by atoms with Crippen LogP contribution in [0.2, 0.25) is 0 Å². The molecule has 0 heterocycles. The van der Waals surface area contributed by atoms with Gasteiger partial charge in [-0.1, -0.05) is 6.07 Å². The average Bonchev–Trinajstić information content (AvgIpc) is 2.37. The van der Waals surface area contributed by atoms with Crippen LogP contribution in [0.15, 0.2) is 18.2 Å². The lowest BCUT2D eigenvalue weighted by molar-refractivity contribution is -0.118. The number of methoxy groups -OCH3 is 2. The van der Waals surface area contributed by atoms with E-state index >= 15 is 0 Å². The van der Waals surface area contributed by atoms with Crippen molar-refractivity contribution in [3.8, 4) is 11.5 Å². The average molecular weight is 280 g/mol. The van der Waals surface area contributed by atoms with E-state index in [0.717, 1.165) is 23.5 Å². The third-order valence-corrected chi connectivity index (χ3v) is 3.07. The molecule has 1 rings (SSSR count). The Balaban J connectivity index is 2.61. The van der Waals surface area contributed by atoms with E-state index < -0.39 is 0 Å². The summed E-state index contributed by atoms with van der Waals surface area (Å²) in [7, 11) is 3.24. The molecule has 2 unspecified atom stereocenters. The zero-order valence-corrected chi connectivity index (χ0v) is 12.6. The summed E-state index contributed by atoms with van der Waals surface area (Å²) in [6.45, 7) is 4.03. The lowest BCUT2D eigenvalue weighted by Gasteiger charge is -2.19. The highest BCUT2D eigenvalue weighted by atomic mass is 16.5. The van der Waals surface area contributed by atoms with Gasteiger partial charge in [0.1, 0.15) is 0 Å². The van der Waals surface area contributed by atoms with Crippen molar-refractivity contribution in [2.45, 2.75) is 38.8 Å². The van der Waals surface area contributed by atoms with Crippen LogP contribution < -0.4 is 20.5 Å². The Bertz CT molecular complexity index is 449. The van der Waals surface area contributed by atoms with Gasteiger partial charge < -0.3 is 20.5 Å². The number of carbonyl (C=O) groups excluding carboxylic acids is 1. The van der Waals surface area contributed by atoms with Crippen molar-refractivity contribution in [3.63, 3.8) is 0 Å². The first-order chi connectivity index (χ1) is 9.46. The second kappa shape index (κ2) is 7.75. The lowest BCUT2D eigenvalue weighted by atomic mass is 10.1. The SMILES string of the molecule is COc1ccc(CC(C)NC(C)CC(N)=O)cc1OC. The number of carbonyl (C=O) groups is 1. The summed E-state index contributed by atoms with van der Waals surface area (Å²) in [6, 6.07) is 6.19. The van der Waals surface area contributed by atoms with Crippen molar-refractivity contribution in [3.05, 3.63) is 23.8 Å². The van der Waals surface area contributed by atoms with E-state index in [1.807, 2.05) is 25.1 Å². The molecule has 20 heavy (non-hydrogen) atoms. The first-order valence-electron chi connectivity index (χ1n) is 6.71. The van der Waals surface area contributed by atoms with Crippen molar-refractivity contribution in [2.24, 2.45) is 5.73 Å². The fraction of sp³-hybridized carbons (Fsp3) is 0.533. The van der Waals surface area contributed by atoms with E-state index in [2.05, 4.69) is 12.2 Å². The van der Waals surface area contributed by atoms with E-state index in [0.29, 0.717) is 6.42 Å². The van der Waals surface area contributed by atoms with Gasteiger partial charge in [0.15, 0.2) is 11.5 Å². The molecular formula is C15H24N2O3. The third-order valence-electron chi connectivity index (χ3n) is 3.07. The molecule has 0 aliphatic rings. The molecule has 1 aromatic carbocycles. The van der Waals surface area contributed by atoms with E-state index in [4.69, 9.17) is 15.2 Å². The lowest BCUT2D eigenvalue weighted by Crippen LogP contribution is -2.38. The topological polar surface area (TPSA) is 73.6 Å². The summed E-state index contributed by atoms with van der Waals surface area (Å²) < 4.78 is 10.5. The molecule has 1 amide bonds. The van der Waals surface area contributed by atoms with Crippen LogP contribution in [0.5, 0.6) is 11.5 Å². The minimum absolute atomic E-state index is 0.0719. The second-order valence-corrected chi connectivity index (χ2v) is 5.03. The minimum Gasteiger partial charge on any atom is -0.493 e. The number of hydrogen-bond acceptors (Lipinski definition) is 4. The molecule has 112 valence electrons. The van der Waals surface area contributed by atoms with Crippen molar-refractivity contribution in [1.82, 2.24) is 5.32 Å². The van der Waals surface area contributed by atoms with Crippen LogP contribution >= 0.6 is 0 Å². The highest BCUT2D eigenvalue weighted by Gasteiger charge is 2.12. The largest absolute Gasteiger partial charge is 0.493 e. The molecule has 0 aliphatic carbocycles. The maximum atomic E-state index is 10.9. The minimum atomic E-state index is -0.289. The molecule has 0 saturated heterocycles. The highest BCUT2D eigenvalue weighted by molar-refractivity contribution is 5.74. The summed E-state index contributed by atoms with van der Waals surface area (Å²) in [5.74, 6) is 1.16. The number of nitrogens with two attached hydrogens (primary N) is 1. The molecule has 0 aliphatic heterocycles. The molecular weight excluding hydrogens is 256 g/mol. The van der Waals surface area contributed by atoms with E-state index in [-0.39, 0.29) is 18.0 Å². The van der Waals surface area contributed by atoms with Gasteiger partial charge >= 0.3 is 0 Å². The van der Waals surface area contributed by atoms with Gasteiger partial charge in [0.2, 0.25) is 5.91 Å². The molecule has 0 radical (unpaired) electrons. The number of nitrogens with one attached hydrogen (secondary N) is 1. The summed E-state index contributed by atoms with van der Waals surface area (Å²) in [5.41, 5.74) is 6.33. The van der Waals surface area contributed by atoms with E-state index in [1.165, 1.54) is 0 Å². The van der Waals surface area contributed by atoms with Gasteiger partial charge in [0.25, 0.3) is 0 Å². The number of amides is 1. The Kier molecular flexibility index (Phi) is 6.31. The van der Waals surface area contributed by atoms with Crippen molar-refractivity contribution in [1.29, 1.82) is 0 Å². The smallest absolute Gasteiger partial charge is 0.218 e. The van der Waals surface area contributed by atoms with Gasteiger partial charge in [0.05, 0.1) is 14.2 Å². The first-order valence-corrected chi connectivity index (χ1v) is 6.71. The van der Waals surface area contributed by atoms with E-state index in [1.54, 1.807) is 14.2 Å². The van der Waals surface area contributed by atoms with Crippen LogP contribution in [0.1, 0.15) is 25.8 Å².